The number of hydrogen-bond donors (Lipinski definition) is 1. The second kappa shape index (κ2) is 7.95. The van der Waals surface area contributed by atoms with Crippen LogP contribution in [0.3, 0.4) is 0 Å². The van der Waals surface area contributed by atoms with Gasteiger partial charge in [-0.2, -0.15) is 5.10 Å². The fraction of sp³-hybridized carbons (Fsp3) is 0.778. The summed E-state index contributed by atoms with van der Waals surface area (Å²) in [5.74, 6) is 0.456. The minimum atomic E-state index is 0.175. The van der Waals surface area contributed by atoms with Crippen molar-refractivity contribution in [3.05, 3.63) is 18.0 Å². The van der Waals surface area contributed by atoms with Gasteiger partial charge >= 0.3 is 0 Å². The van der Waals surface area contributed by atoms with E-state index in [0.717, 1.165) is 45.4 Å². The lowest BCUT2D eigenvalue weighted by atomic mass is 10.00. The topological polar surface area (TPSA) is 50.2 Å². The molecule has 0 radical (unpaired) electrons. The maximum atomic E-state index is 12.5. The molecule has 0 aromatic carbocycles. The summed E-state index contributed by atoms with van der Waals surface area (Å²) in [4.78, 5) is 15.1. The second-order valence-corrected chi connectivity index (χ2v) is 6.98. The summed E-state index contributed by atoms with van der Waals surface area (Å²) in [5, 5.41) is 7.57. The third-order valence-corrected chi connectivity index (χ3v) is 5.35. The van der Waals surface area contributed by atoms with Gasteiger partial charge in [0.2, 0.25) is 5.91 Å². The first-order chi connectivity index (χ1) is 11.3. The molecule has 2 aliphatic rings. The average molecular weight is 318 g/mol. The van der Waals surface area contributed by atoms with Crippen LogP contribution in [-0.2, 0) is 17.9 Å². The lowest BCUT2D eigenvalue weighted by Gasteiger charge is -2.32. The quantitative estimate of drug-likeness (QED) is 0.932. The minimum absolute atomic E-state index is 0.175. The SMILES string of the molecule is CCn1cc(CN2CCCCCCNC(=O)[C@@H]3CCC[C@@H]32)cn1. The molecule has 1 saturated heterocycles. The third kappa shape index (κ3) is 4.14. The molecule has 1 N–H and O–H groups in total. The maximum absolute atomic E-state index is 12.5. The molecule has 1 amide bonds. The van der Waals surface area contributed by atoms with Crippen LogP contribution in [0.25, 0.3) is 0 Å². The Bertz CT molecular complexity index is 513. The van der Waals surface area contributed by atoms with Crippen LogP contribution < -0.4 is 5.32 Å². The van der Waals surface area contributed by atoms with E-state index < -0.39 is 0 Å². The van der Waals surface area contributed by atoms with E-state index in [-0.39, 0.29) is 11.8 Å². The monoisotopic (exact) mass is 318 g/mol. The number of aryl methyl sites for hydroxylation is 1. The highest BCUT2D eigenvalue weighted by atomic mass is 16.1. The summed E-state index contributed by atoms with van der Waals surface area (Å²) in [6.45, 7) is 5.90. The molecule has 2 heterocycles. The highest BCUT2D eigenvalue weighted by Crippen LogP contribution is 2.32. The van der Waals surface area contributed by atoms with E-state index in [2.05, 4.69) is 28.4 Å². The summed E-state index contributed by atoms with van der Waals surface area (Å²) < 4.78 is 1.99. The van der Waals surface area contributed by atoms with Gasteiger partial charge in [-0.05, 0) is 39.2 Å². The minimum Gasteiger partial charge on any atom is -0.356 e. The molecule has 3 rings (SSSR count). The van der Waals surface area contributed by atoms with Crippen molar-refractivity contribution in [1.29, 1.82) is 0 Å². The van der Waals surface area contributed by atoms with Crippen molar-refractivity contribution < 1.29 is 4.79 Å². The van der Waals surface area contributed by atoms with Crippen LogP contribution in [-0.4, -0.2) is 39.7 Å². The van der Waals surface area contributed by atoms with E-state index in [4.69, 9.17) is 0 Å². The second-order valence-electron chi connectivity index (χ2n) is 6.98. The number of nitrogens with one attached hydrogen (secondary N) is 1. The average Bonchev–Trinajstić information content (AvgIpc) is 3.20. The molecule has 1 aromatic heterocycles. The molecule has 1 aliphatic heterocycles. The van der Waals surface area contributed by atoms with E-state index in [1.165, 1.54) is 31.2 Å². The molecular weight excluding hydrogens is 288 g/mol. The summed E-state index contributed by atoms with van der Waals surface area (Å²) >= 11 is 0. The van der Waals surface area contributed by atoms with Gasteiger partial charge in [0.15, 0.2) is 0 Å². The molecular formula is C18H30N4O. The number of amides is 1. The van der Waals surface area contributed by atoms with E-state index in [1.807, 2.05) is 10.9 Å². The van der Waals surface area contributed by atoms with Crippen molar-refractivity contribution >= 4 is 5.91 Å². The largest absolute Gasteiger partial charge is 0.356 e. The standard InChI is InChI=1S/C18H30N4O/c1-2-22-14-15(12-20-22)13-21-11-6-4-3-5-10-19-18(23)16-8-7-9-17(16)21/h12,14,16-17H,2-11,13H2,1H3,(H,19,23)/t16-,17+/m1/s1. The van der Waals surface area contributed by atoms with Crippen LogP contribution in [0.1, 0.15) is 57.4 Å². The van der Waals surface area contributed by atoms with Crippen molar-refractivity contribution in [2.45, 2.75) is 71.0 Å². The van der Waals surface area contributed by atoms with E-state index >= 15 is 0 Å². The van der Waals surface area contributed by atoms with E-state index in [1.54, 1.807) is 0 Å². The fourth-order valence-corrected chi connectivity index (χ4v) is 4.08. The van der Waals surface area contributed by atoms with Gasteiger partial charge in [-0.25, -0.2) is 0 Å². The van der Waals surface area contributed by atoms with Crippen LogP contribution in [0.5, 0.6) is 0 Å². The zero-order chi connectivity index (χ0) is 16.1. The number of carbonyl (C=O) groups is 1. The molecule has 1 aliphatic carbocycles. The lowest BCUT2D eigenvalue weighted by Crippen LogP contribution is -2.44. The number of rotatable bonds is 3. The summed E-state index contributed by atoms with van der Waals surface area (Å²) in [7, 11) is 0. The van der Waals surface area contributed by atoms with Gasteiger partial charge in [0.05, 0.1) is 12.1 Å². The Morgan fingerprint density at radius 1 is 1.22 bits per heavy atom. The maximum Gasteiger partial charge on any atom is 0.224 e. The molecule has 0 bridgehead atoms. The van der Waals surface area contributed by atoms with Crippen LogP contribution in [0.15, 0.2) is 12.4 Å². The fourth-order valence-electron chi connectivity index (χ4n) is 4.08. The molecule has 1 aromatic rings. The van der Waals surface area contributed by atoms with Crippen LogP contribution in [0, 0.1) is 5.92 Å². The highest BCUT2D eigenvalue weighted by molar-refractivity contribution is 5.79. The number of aromatic nitrogens is 2. The number of fused-ring (bicyclic) bond motifs is 1. The Hall–Kier alpha value is -1.36. The van der Waals surface area contributed by atoms with Crippen molar-refractivity contribution in [3.8, 4) is 0 Å². The van der Waals surface area contributed by atoms with Gasteiger partial charge in [-0.15, -0.1) is 0 Å². The van der Waals surface area contributed by atoms with Gasteiger partial charge < -0.3 is 5.32 Å². The zero-order valence-electron chi connectivity index (χ0n) is 14.3. The van der Waals surface area contributed by atoms with Gasteiger partial charge in [0.1, 0.15) is 0 Å². The first kappa shape index (κ1) is 16.5. The summed E-state index contributed by atoms with van der Waals surface area (Å²) in [6.07, 6.45) is 12.3. The Balaban J connectivity index is 1.74. The molecule has 5 heteroatoms. The molecule has 2 atom stereocenters. The van der Waals surface area contributed by atoms with Crippen LogP contribution in [0.2, 0.25) is 0 Å². The molecule has 128 valence electrons. The van der Waals surface area contributed by atoms with Crippen molar-refractivity contribution in [2.75, 3.05) is 13.1 Å². The van der Waals surface area contributed by atoms with Crippen LogP contribution in [0.4, 0.5) is 0 Å². The summed E-state index contributed by atoms with van der Waals surface area (Å²) in [6, 6.07) is 0.401. The number of nitrogens with zero attached hydrogens (tertiary/aromatic N) is 3. The van der Waals surface area contributed by atoms with Crippen molar-refractivity contribution in [2.24, 2.45) is 5.92 Å². The van der Waals surface area contributed by atoms with Gasteiger partial charge in [0, 0.05) is 37.4 Å². The molecule has 0 spiro atoms. The van der Waals surface area contributed by atoms with Gasteiger partial charge in [-0.3, -0.25) is 14.4 Å². The Morgan fingerprint density at radius 2 is 2.09 bits per heavy atom. The van der Waals surface area contributed by atoms with Gasteiger partial charge in [0.25, 0.3) is 0 Å². The Kier molecular flexibility index (Phi) is 5.70. The highest BCUT2D eigenvalue weighted by Gasteiger charge is 2.36. The first-order valence-corrected chi connectivity index (χ1v) is 9.31. The lowest BCUT2D eigenvalue weighted by molar-refractivity contribution is -0.126. The van der Waals surface area contributed by atoms with E-state index in [9.17, 15) is 4.79 Å². The zero-order valence-corrected chi connectivity index (χ0v) is 14.3. The first-order valence-electron chi connectivity index (χ1n) is 9.31. The molecule has 23 heavy (non-hydrogen) atoms. The molecule has 1 saturated carbocycles. The smallest absolute Gasteiger partial charge is 0.224 e. The molecule has 5 nitrogen and oxygen atoms in total. The Labute approximate surface area is 139 Å². The number of carbonyl (C=O) groups excluding carboxylic acids is 1. The number of hydrogen-bond acceptors (Lipinski definition) is 3. The predicted molar refractivity (Wildman–Crippen MR) is 90.9 cm³/mol. The van der Waals surface area contributed by atoms with E-state index in [0.29, 0.717) is 6.04 Å². The summed E-state index contributed by atoms with van der Waals surface area (Å²) in [5.41, 5.74) is 1.27. The van der Waals surface area contributed by atoms with Crippen LogP contribution >= 0.6 is 0 Å². The van der Waals surface area contributed by atoms with Crippen molar-refractivity contribution in [3.63, 3.8) is 0 Å². The van der Waals surface area contributed by atoms with Gasteiger partial charge in [-0.1, -0.05) is 19.3 Å². The molecule has 0 unspecified atom stereocenters. The van der Waals surface area contributed by atoms with Crippen molar-refractivity contribution in [1.82, 2.24) is 20.0 Å². The normalized spacial score (nSPS) is 27.3. The molecule has 2 fully saturated rings. The predicted octanol–water partition coefficient (Wildman–Crippen LogP) is 2.56. The third-order valence-electron chi connectivity index (χ3n) is 5.35. The Morgan fingerprint density at radius 3 is 2.91 bits per heavy atom.